The molecular weight excluding hydrogens is 128 g/mol. The van der Waals surface area contributed by atoms with E-state index in [4.69, 9.17) is 5.11 Å². The van der Waals surface area contributed by atoms with Gasteiger partial charge in [0, 0.05) is 16.8 Å². The van der Waals surface area contributed by atoms with Crippen LogP contribution in [0.1, 0.15) is 0 Å². The van der Waals surface area contributed by atoms with Crippen LogP contribution >= 0.6 is 24.4 Å². The molecule has 0 spiro atoms. The molecule has 0 amide bonds. The average Bonchev–Trinajstić information content (AvgIpc) is 1.91. The predicted octanol–water partition coefficient (Wildman–Crippen LogP) is 0.393. The number of thioether (sulfide) groups is 1. The first-order valence-electron chi connectivity index (χ1n) is 2.24. The fraction of sp³-hybridized carbons (Fsp3) is 1.00. The monoisotopic (exact) mass is 136 g/mol. The topological polar surface area (TPSA) is 20.2 Å². The van der Waals surface area contributed by atoms with Gasteiger partial charge in [-0.05, 0) is 0 Å². The van der Waals surface area contributed by atoms with Crippen molar-refractivity contribution in [1.82, 2.24) is 0 Å². The van der Waals surface area contributed by atoms with Crippen LogP contribution in [0.3, 0.4) is 0 Å². The van der Waals surface area contributed by atoms with E-state index in [2.05, 4.69) is 12.6 Å². The van der Waals surface area contributed by atoms with E-state index in [0.717, 1.165) is 11.5 Å². The maximum absolute atomic E-state index is 8.90. The van der Waals surface area contributed by atoms with Gasteiger partial charge in [0.05, 0.1) is 6.10 Å². The lowest BCUT2D eigenvalue weighted by Crippen LogP contribution is -2.16. The molecule has 0 radical (unpaired) electrons. The Morgan fingerprint density at radius 1 is 1.57 bits per heavy atom. The lowest BCUT2D eigenvalue weighted by Gasteiger charge is -2.01. The fourth-order valence-corrected chi connectivity index (χ4v) is 2.17. The highest BCUT2D eigenvalue weighted by atomic mass is 32.2. The second-order valence-corrected chi connectivity index (χ2v) is 3.41. The second-order valence-electron chi connectivity index (χ2n) is 1.67. The van der Waals surface area contributed by atoms with Crippen LogP contribution in [-0.2, 0) is 0 Å². The largest absolute Gasteiger partial charge is 0.391 e. The minimum atomic E-state index is -0.159. The summed E-state index contributed by atoms with van der Waals surface area (Å²) in [4.78, 5) is 0. The highest BCUT2D eigenvalue weighted by Gasteiger charge is 2.21. The molecule has 0 aromatic heterocycles. The summed E-state index contributed by atoms with van der Waals surface area (Å²) in [5.41, 5.74) is 0. The van der Waals surface area contributed by atoms with Gasteiger partial charge in [0.2, 0.25) is 0 Å². The van der Waals surface area contributed by atoms with Gasteiger partial charge in [-0.3, -0.25) is 0 Å². The quantitative estimate of drug-likeness (QED) is 0.470. The molecule has 1 heterocycles. The van der Waals surface area contributed by atoms with Crippen LogP contribution in [0.5, 0.6) is 0 Å². The van der Waals surface area contributed by atoms with Crippen molar-refractivity contribution in [2.45, 2.75) is 11.4 Å². The van der Waals surface area contributed by atoms with E-state index in [1.54, 1.807) is 11.8 Å². The Kier molecular flexibility index (Phi) is 1.89. The lowest BCUT2D eigenvalue weighted by atomic mass is 10.3. The summed E-state index contributed by atoms with van der Waals surface area (Å²) in [5, 5.41) is 9.13. The van der Waals surface area contributed by atoms with Crippen LogP contribution in [0.25, 0.3) is 0 Å². The molecule has 42 valence electrons. The normalized spacial score (nSPS) is 42.0. The van der Waals surface area contributed by atoms with Crippen molar-refractivity contribution >= 4 is 24.4 Å². The highest BCUT2D eigenvalue weighted by Crippen LogP contribution is 2.21. The Morgan fingerprint density at radius 3 is 2.43 bits per heavy atom. The van der Waals surface area contributed by atoms with Crippen molar-refractivity contribution in [3.05, 3.63) is 0 Å². The molecule has 0 bridgehead atoms. The van der Waals surface area contributed by atoms with E-state index in [1.165, 1.54) is 0 Å². The average molecular weight is 136 g/mol. The van der Waals surface area contributed by atoms with Gasteiger partial charge in [-0.2, -0.15) is 24.4 Å². The number of aliphatic hydroxyl groups is 1. The third-order valence-corrected chi connectivity index (χ3v) is 2.97. The molecule has 1 fully saturated rings. The van der Waals surface area contributed by atoms with Crippen LogP contribution in [0.2, 0.25) is 0 Å². The molecular formula is C4H8OS2. The summed E-state index contributed by atoms with van der Waals surface area (Å²) in [5.74, 6) is 1.87. The van der Waals surface area contributed by atoms with E-state index >= 15 is 0 Å². The number of hydrogen-bond donors (Lipinski definition) is 2. The van der Waals surface area contributed by atoms with Gasteiger partial charge >= 0.3 is 0 Å². The molecule has 1 saturated heterocycles. The second kappa shape index (κ2) is 2.29. The summed E-state index contributed by atoms with van der Waals surface area (Å²) in [6.07, 6.45) is -0.159. The van der Waals surface area contributed by atoms with Gasteiger partial charge in [0.15, 0.2) is 0 Å². The van der Waals surface area contributed by atoms with Crippen molar-refractivity contribution < 1.29 is 5.11 Å². The van der Waals surface area contributed by atoms with Crippen LogP contribution in [0.15, 0.2) is 0 Å². The van der Waals surface area contributed by atoms with E-state index in [-0.39, 0.29) is 11.4 Å². The summed E-state index contributed by atoms with van der Waals surface area (Å²) < 4.78 is 0. The predicted molar refractivity (Wildman–Crippen MR) is 36.1 cm³/mol. The van der Waals surface area contributed by atoms with Crippen molar-refractivity contribution in [2.24, 2.45) is 0 Å². The number of rotatable bonds is 0. The maximum atomic E-state index is 8.90. The molecule has 1 aliphatic rings. The summed E-state index contributed by atoms with van der Waals surface area (Å²) in [6.45, 7) is 0. The van der Waals surface area contributed by atoms with Gasteiger partial charge in [-0.25, -0.2) is 0 Å². The van der Waals surface area contributed by atoms with Gasteiger partial charge in [-0.15, -0.1) is 0 Å². The zero-order valence-electron chi connectivity index (χ0n) is 3.87. The van der Waals surface area contributed by atoms with Crippen LogP contribution < -0.4 is 0 Å². The number of hydrogen-bond acceptors (Lipinski definition) is 3. The van der Waals surface area contributed by atoms with E-state index in [0.29, 0.717) is 0 Å². The zero-order chi connectivity index (χ0) is 5.28. The molecule has 2 unspecified atom stereocenters. The first kappa shape index (κ1) is 5.79. The Morgan fingerprint density at radius 2 is 2.29 bits per heavy atom. The molecule has 0 saturated carbocycles. The highest BCUT2D eigenvalue weighted by molar-refractivity contribution is 8.00. The van der Waals surface area contributed by atoms with Gasteiger partial charge in [-0.1, -0.05) is 0 Å². The van der Waals surface area contributed by atoms with Crippen molar-refractivity contribution in [3.8, 4) is 0 Å². The molecule has 7 heavy (non-hydrogen) atoms. The molecule has 3 heteroatoms. The summed E-state index contributed by atoms with van der Waals surface area (Å²) >= 11 is 5.88. The Hall–Kier alpha value is 0.660. The molecule has 1 N–H and O–H groups in total. The molecule has 1 nitrogen and oxygen atoms in total. The number of thiol groups is 1. The van der Waals surface area contributed by atoms with Crippen LogP contribution in [0.4, 0.5) is 0 Å². The third-order valence-electron chi connectivity index (χ3n) is 1.02. The summed E-state index contributed by atoms with van der Waals surface area (Å²) in [7, 11) is 0. The zero-order valence-corrected chi connectivity index (χ0v) is 5.58. The van der Waals surface area contributed by atoms with Gasteiger partial charge < -0.3 is 5.11 Å². The molecule has 0 aromatic rings. The molecule has 0 aromatic carbocycles. The third kappa shape index (κ3) is 1.27. The fourth-order valence-electron chi connectivity index (χ4n) is 0.532. The Labute approximate surface area is 52.9 Å². The van der Waals surface area contributed by atoms with Crippen molar-refractivity contribution in [2.75, 3.05) is 11.5 Å². The van der Waals surface area contributed by atoms with Gasteiger partial charge in [0.1, 0.15) is 0 Å². The summed E-state index contributed by atoms with van der Waals surface area (Å²) in [6, 6.07) is 0. The van der Waals surface area contributed by atoms with E-state index in [1.807, 2.05) is 0 Å². The SMILES string of the molecule is OC1CSCC1S. The van der Waals surface area contributed by atoms with Crippen LogP contribution in [-0.4, -0.2) is 28.0 Å². The Balaban J connectivity index is 2.33. The molecule has 1 rings (SSSR count). The molecule has 1 aliphatic heterocycles. The van der Waals surface area contributed by atoms with E-state index in [9.17, 15) is 0 Å². The van der Waals surface area contributed by atoms with Crippen LogP contribution in [0, 0.1) is 0 Å². The smallest absolute Gasteiger partial charge is 0.0754 e. The van der Waals surface area contributed by atoms with Crippen molar-refractivity contribution in [3.63, 3.8) is 0 Å². The van der Waals surface area contributed by atoms with Crippen molar-refractivity contribution in [1.29, 1.82) is 0 Å². The minimum absolute atomic E-state index is 0.159. The number of aliphatic hydroxyl groups excluding tert-OH is 1. The first-order valence-corrected chi connectivity index (χ1v) is 3.91. The standard InChI is InChI=1S/C4H8OS2/c5-3-1-7-2-4(3)6/h3-6H,1-2H2. The minimum Gasteiger partial charge on any atom is -0.391 e. The maximum Gasteiger partial charge on any atom is 0.0754 e. The Bertz CT molecular complexity index is 58.7. The van der Waals surface area contributed by atoms with Gasteiger partial charge in [0.25, 0.3) is 0 Å². The first-order chi connectivity index (χ1) is 3.30. The lowest BCUT2D eigenvalue weighted by molar-refractivity contribution is 0.208. The van der Waals surface area contributed by atoms with E-state index < -0.39 is 0 Å². The molecule has 2 atom stereocenters. The molecule has 0 aliphatic carbocycles.